The van der Waals surface area contributed by atoms with Gasteiger partial charge in [0.25, 0.3) is 0 Å². The van der Waals surface area contributed by atoms with Crippen LogP contribution in [0.4, 0.5) is 0 Å². The van der Waals surface area contributed by atoms with Gasteiger partial charge in [-0.3, -0.25) is 37.3 Å². The zero-order chi connectivity index (χ0) is 74.2. The molecule has 0 bridgehead atoms. The number of phosphoric ester groups is 2. The topological polar surface area (TPSA) is 237 Å². The summed E-state index contributed by atoms with van der Waals surface area (Å²) in [6.07, 6.45) is 63.8. The predicted molar refractivity (Wildman–Crippen MR) is 414 cm³/mol. The molecule has 0 rings (SSSR count). The first kappa shape index (κ1) is 99.1. The zero-order valence-electron chi connectivity index (χ0n) is 66.2. The summed E-state index contributed by atoms with van der Waals surface area (Å²) in [7, 11) is -9.92. The third-order valence-electron chi connectivity index (χ3n) is 19.2. The lowest BCUT2D eigenvalue weighted by atomic mass is 10.0. The van der Waals surface area contributed by atoms with Crippen LogP contribution in [0.25, 0.3) is 0 Å². The smallest absolute Gasteiger partial charge is 0.462 e. The first-order chi connectivity index (χ1) is 48.9. The molecule has 0 aromatic carbocycles. The van der Waals surface area contributed by atoms with Crippen molar-refractivity contribution < 1.29 is 80.2 Å². The summed E-state index contributed by atoms with van der Waals surface area (Å²) in [4.78, 5) is 73.1. The maximum absolute atomic E-state index is 13.1. The fraction of sp³-hybridized carbons (Fsp3) is 0.951. The van der Waals surface area contributed by atoms with Crippen molar-refractivity contribution >= 4 is 39.5 Å². The van der Waals surface area contributed by atoms with E-state index >= 15 is 0 Å². The van der Waals surface area contributed by atoms with Gasteiger partial charge in [-0.05, 0) is 37.5 Å². The van der Waals surface area contributed by atoms with Crippen LogP contribution in [0.3, 0.4) is 0 Å². The molecule has 0 aliphatic heterocycles. The number of rotatable bonds is 81. The van der Waals surface area contributed by atoms with Gasteiger partial charge in [-0.15, -0.1) is 0 Å². The highest BCUT2D eigenvalue weighted by molar-refractivity contribution is 7.47. The van der Waals surface area contributed by atoms with Crippen LogP contribution in [-0.2, 0) is 65.4 Å². The molecule has 0 spiro atoms. The molecule has 0 aliphatic carbocycles. The molecular formula is C82H160O17P2. The highest BCUT2D eigenvalue weighted by atomic mass is 31.2. The van der Waals surface area contributed by atoms with Crippen molar-refractivity contribution in [2.45, 2.75) is 452 Å². The highest BCUT2D eigenvalue weighted by Crippen LogP contribution is 2.45. The van der Waals surface area contributed by atoms with E-state index in [0.29, 0.717) is 25.7 Å². The molecule has 0 saturated carbocycles. The predicted octanol–water partition coefficient (Wildman–Crippen LogP) is 24.7. The van der Waals surface area contributed by atoms with Crippen LogP contribution < -0.4 is 0 Å². The van der Waals surface area contributed by atoms with Crippen LogP contribution >= 0.6 is 15.6 Å². The number of phosphoric acid groups is 2. The number of unbranched alkanes of at least 4 members (excludes halogenated alkanes) is 51. The molecule has 101 heavy (non-hydrogen) atoms. The molecule has 0 fully saturated rings. The van der Waals surface area contributed by atoms with Crippen LogP contribution in [0.1, 0.15) is 433 Å². The quantitative estimate of drug-likeness (QED) is 0.0222. The third kappa shape index (κ3) is 76.1. The molecule has 5 atom stereocenters. The molecule has 0 aromatic heterocycles. The number of ether oxygens (including phenoxy) is 4. The van der Waals surface area contributed by atoms with Gasteiger partial charge in [0.05, 0.1) is 26.4 Å². The van der Waals surface area contributed by atoms with Gasteiger partial charge in [0.1, 0.15) is 19.3 Å². The van der Waals surface area contributed by atoms with E-state index in [4.69, 9.17) is 37.0 Å². The SMILES string of the molecule is CCCCCCCCCCCCCCCCCCC(=O)OC[C@H](COP(=O)(O)OC[C@@H](O)COP(=O)(O)OC[C@@H](COC(=O)CCCCCCCCCCC(C)C)OC(=O)CCCCCCCCCCCCCCCCC)OC(=O)CCCCCCCCCCCCCCCCCCC(C)C. The molecule has 0 saturated heterocycles. The lowest BCUT2D eigenvalue weighted by molar-refractivity contribution is -0.161. The minimum absolute atomic E-state index is 0.108. The summed E-state index contributed by atoms with van der Waals surface area (Å²) in [5.41, 5.74) is 0. The van der Waals surface area contributed by atoms with Crippen molar-refractivity contribution in [1.29, 1.82) is 0 Å². The van der Waals surface area contributed by atoms with Gasteiger partial charge in [0.15, 0.2) is 12.2 Å². The summed E-state index contributed by atoms with van der Waals surface area (Å²) in [6.45, 7) is 9.65. The molecule has 0 aliphatic rings. The number of aliphatic hydroxyl groups excluding tert-OH is 1. The van der Waals surface area contributed by atoms with Crippen LogP contribution in [0, 0.1) is 11.8 Å². The molecule has 0 radical (unpaired) electrons. The maximum Gasteiger partial charge on any atom is 0.472 e. The van der Waals surface area contributed by atoms with Gasteiger partial charge < -0.3 is 33.8 Å². The minimum atomic E-state index is -4.96. The van der Waals surface area contributed by atoms with E-state index in [1.165, 1.54) is 250 Å². The summed E-state index contributed by atoms with van der Waals surface area (Å²) in [5.74, 6) is -0.570. The second-order valence-corrected chi connectivity index (χ2v) is 33.4. The number of esters is 4. The standard InChI is InChI=1S/C82H160O17P2/c1-7-9-11-13-15-17-19-21-23-28-31-35-39-46-52-58-64-79(84)92-70-77(98-81(86)67-61-55-49-41-37-33-29-25-24-27-30-34-38-44-50-56-62-74(3)4)72-96-100(88,89)94-68-76(83)69-95-101(90,91)97-73-78(71-93-80(85)65-59-53-47-43-42-45-51-57-63-75(5)6)99-82(87)66-60-54-48-40-36-32-26-22-20-18-16-14-12-10-8-2/h74-78,83H,7-73H2,1-6H3,(H,88,89)(H,90,91)/t76-,77-,78-/m1/s1. The average molecular weight is 1480 g/mol. The lowest BCUT2D eigenvalue weighted by Gasteiger charge is -2.21. The first-order valence-electron chi connectivity index (χ1n) is 42.5. The highest BCUT2D eigenvalue weighted by Gasteiger charge is 2.30. The van der Waals surface area contributed by atoms with Crippen molar-refractivity contribution in [2.75, 3.05) is 39.6 Å². The van der Waals surface area contributed by atoms with Crippen LogP contribution in [0.5, 0.6) is 0 Å². The molecule has 3 N–H and O–H groups in total. The van der Waals surface area contributed by atoms with Crippen LogP contribution in [0.15, 0.2) is 0 Å². The summed E-state index contributed by atoms with van der Waals surface area (Å²) in [6, 6.07) is 0. The Morgan fingerprint density at radius 3 is 0.673 bits per heavy atom. The number of hydrogen-bond donors (Lipinski definition) is 3. The number of carbonyl (C=O) groups excluding carboxylic acids is 4. The van der Waals surface area contributed by atoms with Gasteiger partial charge in [-0.2, -0.15) is 0 Å². The molecule has 2 unspecified atom stereocenters. The van der Waals surface area contributed by atoms with Crippen LogP contribution in [-0.4, -0.2) is 96.7 Å². The zero-order valence-corrected chi connectivity index (χ0v) is 68.0. The Labute approximate surface area is 619 Å². The molecule has 600 valence electrons. The molecule has 0 amide bonds. The maximum atomic E-state index is 13.1. The van der Waals surface area contributed by atoms with Crippen molar-refractivity contribution in [1.82, 2.24) is 0 Å². The Morgan fingerprint density at radius 2 is 0.455 bits per heavy atom. The van der Waals surface area contributed by atoms with Crippen molar-refractivity contribution in [3.8, 4) is 0 Å². The Bertz CT molecular complexity index is 1940. The number of carbonyl (C=O) groups is 4. The Kier molecular flexibility index (Phi) is 72.2. The normalized spacial score (nSPS) is 13.9. The summed E-state index contributed by atoms with van der Waals surface area (Å²) < 4.78 is 68.8. The average Bonchev–Trinajstić information content (AvgIpc) is 2.55. The Balaban J connectivity index is 5.25. The first-order valence-corrected chi connectivity index (χ1v) is 45.5. The fourth-order valence-electron chi connectivity index (χ4n) is 12.7. The minimum Gasteiger partial charge on any atom is -0.462 e. The second-order valence-electron chi connectivity index (χ2n) is 30.5. The second kappa shape index (κ2) is 73.6. The van der Waals surface area contributed by atoms with Crippen molar-refractivity contribution in [2.24, 2.45) is 11.8 Å². The molecular weight excluding hydrogens is 1320 g/mol. The van der Waals surface area contributed by atoms with Gasteiger partial charge in [0, 0.05) is 25.7 Å². The Morgan fingerprint density at radius 1 is 0.267 bits per heavy atom. The molecule has 19 heteroatoms. The summed E-state index contributed by atoms with van der Waals surface area (Å²) >= 11 is 0. The van der Waals surface area contributed by atoms with E-state index in [2.05, 4.69) is 41.5 Å². The molecule has 0 aromatic rings. The van der Waals surface area contributed by atoms with Crippen LogP contribution in [0.2, 0.25) is 0 Å². The van der Waals surface area contributed by atoms with E-state index in [9.17, 15) is 43.2 Å². The fourth-order valence-corrected chi connectivity index (χ4v) is 14.3. The van der Waals surface area contributed by atoms with E-state index < -0.39 is 97.5 Å². The van der Waals surface area contributed by atoms with Gasteiger partial charge in [-0.1, -0.05) is 382 Å². The van der Waals surface area contributed by atoms with E-state index in [1.54, 1.807) is 0 Å². The largest absolute Gasteiger partial charge is 0.472 e. The van der Waals surface area contributed by atoms with Crippen molar-refractivity contribution in [3.63, 3.8) is 0 Å². The van der Waals surface area contributed by atoms with E-state index in [-0.39, 0.29) is 25.7 Å². The Hall–Kier alpha value is -1.94. The summed E-state index contributed by atoms with van der Waals surface area (Å²) in [5, 5.41) is 10.7. The van der Waals surface area contributed by atoms with Gasteiger partial charge >= 0.3 is 39.5 Å². The number of aliphatic hydroxyl groups is 1. The van der Waals surface area contributed by atoms with Crippen molar-refractivity contribution in [3.05, 3.63) is 0 Å². The molecule has 0 heterocycles. The molecule has 17 nitrogen and oxygen atoms in total. The number of hydrogen-bond acceptors (Lipinski definition) is 15. The third-order valence-corrected chi connectivity index (χ3v) is 21.1. The monoisotopic (exact) mass is 1480 g/mol. The van der Waals surface area contributed by atoms with E-state index in [1.807, 2.05) is 0 Å². The van der Waals surface area contributed by atoms with Gasteiger partial charge in [0.2, 0.25) is 0 Å². The lowest BCUT2D eigenvalue weighted by Crippen LogP contribution is -2.30. The van der Waals surface area contributed by atoms with Gasteiger partial charge in [-0.25, -0.2) is 9.13 Å². The van der Waals surface area contributed by atoms with E-state index in [0.717, 1.165) is 102 Å².